The van der Waals surface area contributed by atoms with Crippen molar-refractivity contribution in [1.29, 1.82) is 0 Å². The van der Waals surface area contributed by atoms with Crippen molar-refractivity contribution in [2.75, 3.05) is 6.16 Å². The molecule has 2 aromatic rings. The Kier molecular flexibility index (Phi) is 9.10. The number of carbonyl (C=O) groups excluding carboxylic acids is 2. The molecule has 2 atom stereocenters. The Morgan fingerprint density at radius 3 is 1.50 bits per heavy atom. The predicted octanol–water partition coefficient (Wildman–Crippen LogP) is 7.63. The summed E-state index contributed by atoms with van der Waals surface area (Å²) in [5, 5.41) is 0. The number of Topliss-reactive ketones (excluding diaryl/α,β-unsaturated/α-hetero) is 2. The first kappa shape index (κ1) is 26.1. The van der Waals surface area contributed by atoms with Crippen LogP contribution in [-0.2, 0) is 4.57 Å². The van der Waals surface area contributed by atoms with Crippen molar-refractivity contribution in [2.24, 2.45) is 5.92 Å². The molecule has 2 rings (SSSR count). The van der Waals surface area contributed by atoms with E-state index in [0.29, 0.717) is 30.1 Å². The van der Waals surface area contributed by atoms with E-state index in [2.05, 4.69) is 0 Å². The van der Waals surface area contributed by atoms with Gasteiger partial charge in [0.15, 0.2) is 17.2 Å². The van der Waals surface area contributed by atoms with E-state index in [1.54, 1.807) is 0 Å². The van der Waals surface area contributed by atoms with E-state index in [1.165, 1.54) is 0 Å². The number of rotatable bonds is 10. The maximum absolute atomic E-state index is 13.8. The van der Waals surface area contributed by atoms with Crippen LogP contribution in [0.3, 0.4) is 0 Å². The van der Waals surface area contributed by atoms with E-state index in [-0.39, 0.29) is 17.2 Å². The van der Waals surface area contributed by atoms with Gasteiger partial charge in [-0.3, -0.25) is 9.59 Å². The minimum atomic E-state index is -1.33. The van der Waals surface area contributed by atoms with Crippen LogP contribution >= 0.6 is 7.80 Å². The van der Waals surface area contributed by atoms with Gasteiger partial charge in [0.2, 0.25) is 0 Å². The van der Waals surface area contributed by atoms with Crippen LogP contribution in [-0.4, -0.2) is 23.4 Å². The first-order chi connectivity index (χ1) is 15.0. The van der Waals surface area contributed by atoms with E-state index in [4.69, 9.17) is 0 Å². The summed E-state index contributed by atoms with van der Waals surface area (Å²) in [5.74, 6) is -0.971. The van der Waals surface area contributed by atoms with E-state index in [9.17, 15) is 14.2 Å². The molecule has 0 amide bonds. The lowest BCUT2D eigenvalue weighted by molar-refractivity contribution is 0.0797. The summed E-state index contributed by atoms with van der Waals surface area (Å²) >= 11 is 0. The minimum Gasteiger partial charge on any atom is -0.293 e. The molecule has 0 spiro atoms. The number of hydrogen-bond donors (Lipinski definition) is 0. The zero-order valence-electron chi connectivity index (χ0n) is 21.0. The van der Waals surface area contributed by atoms with Gasteiger partial charge in [-0.2, -0.15) is 0 Å². The fourth-order valence-electron chi connectivity index (χ4n) is 4.74. The lowest BCUT2D eigenvalue weighted by Crippen LogP contribution is -2.27. The second-order valence-corrected chi connectivity index (χ2v) is 11.5. The Morgan fingerprint density at radius 2 is 1.16 bits per heavy atom. The number of hydrogen-bond acceptors (Lipinski definition) is 3. The fraction of sp³-hybridized carbons (Fsp3) is 0.500. The maximum Gasteiger partial charge on any atom is 0.341 e. The summed E-state index contributed by atoms with van der Waals surface area (Å²) in [5.41, 5.74) is 7.33. The Balaban J connectivity index is 2.45. The van der Waals surface area contributed by atoms with Gasteiger partial charge in [0.05, 0.1) is 5.92 Å². The van der Waals surface area contributed by atoms with Crippen LogP contribution in [0.25, 0.3) is 0 Å². The minimum absolute atomic E-state index is 0.108. The first-order valence-electron chi connectivity index (χ1n) is 11.7. The smallest absolute Gasteiger partial charge is 0.293 e. The molecule has 0 heterocycles. The zero-order chi connectivity index (χ0) is 24.2. The fourth-order valence-corrected chi connectivity index (χ4v) is 6.08. The monoisotopic (exact) mass is 453 g/mol. The van der Waals surface area contributed by atoms with Crippen LogP contribution in [0.2, 0.25) is 0 Å². The van der Waals surface area contributed by atoms with Gasteiger partial charge in [0, 0.05) is 11.1 Å². The standard InChI is InChI=1S/C28H38O3P/c1-9-23(8)32(31)12-10-11-24(27(29)25-19(4)13-17(2)14-20(25)5)28(30)26-21(6)15-18(3)16-22(26)7/h13-16,23-24H,9-12H2,1-8H3/q+1. The number of benzene rings is 2. The molecule has 2 unspecified atom stereocenters. The average Bonchev–Trinajstić information content (AvgIpc) is 2.68. The summed E-state index contributed by atoms with van der Waals surface area (Å²) in [7, 11) is -1.33. The van der Waals surface area contributed by atoms with E-state index in [1.807, 2.05) is 79.7 Å². The average molecular weight is 454 g/mol. The lowest BCUT2D eigenvalue weighted by atomic mass is 9.81. The molecular formula is C28H38O3P+. The zero-order valence-corrected chi connectivity index (χ0v) is 21.9. The molecule has 0 bridgehead atoms. The van der Waals surface area contributed by atoms with Gasteiger partial charge < -0.3 is 0 Å². The van der Waals surface area contributed by atoms with Crippen LogP contribution in [0.4, 0.5) is 0 Å². The highest BCUT2D eigenvalue weighted by atomic mass is 31.1. The summed E-state index contributed by atoms with van der Waals surface area (Å²) in [4.78, 5) is 27.5. The molecule has 0 saturated heterocycles. The molecule has 0 fully saturated rings. The summed E-state index contributed by atoms with van der Waals surface area (Å²) in [6.45, 7) is 15.8. The Bertz CT molecular complexity index is 919. The number of aryl methyl sites for hydroxylation is 6. The molecule has 0 aliphatic heterocycles. The van der Waals surface area contributed by atoms with Crippen LogP contribution < -0.4 is 0 Å². The van der Waals surface area contributed by atoms with E-state index in [0.717, 1.165) is 39.8 Å². The van der Waals surface area contributed by atoms with Crippen molar-refractivity contribution < 1.29 is 14.2 Å². The molecule has 32 heavy (non-hydrogen) atoms. The molecule has 0 N–H and O–H groups in total. The third-order valence-electron chi connectivity index (χ3n) is 6.43. The number of carbonyl (C=O) groups is 2. The highest BCUT2D eigenvalue weighted by Crippen LogP contribution is 2.33. The van der Waals surface area contributed by atoms with Gasteiger partial charge in [-0.05, 0) is 90.0 Å². The van der Waals surface area contributed by atoms with Crippen molar-refractivity contribution in [3.05, 3.63) is 68.8 Å². The van der Waals surface area contributed by atoms with Gasteiger partial charge in [-0.15, -0.1) is 0 Å². The van der Waals surface area contributed by atoms with E-state index < -0.39 is 13.7 Å². The molecule has 3 nitrogen and oxygen atoms in total. The third kappa shape index (κ3) is 6.01. The summed E-state index contributed by atoms with van der Waals surface area (Å²) < 4.78 is 12.5. The molecule has 172 valence electrons. The Morgan fingerprint density at radius 1 is 0.781 bits per heavy atom. The maximum atomic E-state index is 13.8. The quantitative estimate of drug-likeness (QED) is 0.211. The highest BCUT2D eigenvalue weighted by Gasteiger charge is 2.33. The van der Waals surface area contributed by atoms with Crippen LogP contribution in [0.15, 0.2) is 24.3 Å². The first-order valence-corrected chi connectivity index (χ1v) is 13.2. The van der Waals surface area contributed by atoms with Crippen molar-refractivity contribution in [2.45, 2.75) is 80.3 Å². The topological polar surface area (TPSA) is 51.2 Å². The molecule has 0 aliphatic carbocycles. The molecule has 0 radical (unpaired) electrons. The Labute approximate surface area is 194 Å². The third-order valence-corrected chi connectivity index (χ3v) is 8.54. The van der Waals surface area contributed by atoms with Gasteiger partial charge in [-0.1, -0.05) is 46.9 Å². The highest BCUT2D eigenvalue weighted by molar-refractivity contribution is 7.45. The van der Waals surface area contributed by atoms with Crippen LogP contribution in [0.1, 0.15) is 87.2 Å². The molecule has 4 heteroatoms. The lowest BCUT2D eigenvalue weighted by Gasteiger charge is -2.20. The number of ketones is 2. The van der Waals surface area contributed by atoms with Gasteiger partial charge in [0.25, 0.3) is 0 Å². The molecule has 0 aromatic heterocycles. The Hall–Kier alpha value is -2.12. The van der Waals surface area contributed by atoms with Crippen molar-refractivity contribution in [1.82, 2.24) is 0 Å². The SMILES string of the molecule is CCC(C)[P+](=O)CCCC(C(=O)c1c(C)cc(C)cc1C)C(=O)c1c(C)cc(C)cc1C. The second-order valence-electron chi connectivity index (χ2n) is 9.37. The van der Waals surface area contributed by atoms with Crippen LogP contribution in [0.5, 0.6) is 0 Å². The molecule has 2 aromatic carbocycles. The largest absolute Gasteiger partial charge is 0.341 e. The van der Waals surface area contributed by atoms with Gasteiger partial charge in [-0.25, -0.2) is 0 Å². The van der Waals surface area contributed by atoms with E-state index >= 15 is 0 Å². The van der Waals surface area contributed by atoms with Crippen molar-refractivity contribution in [3.63, 3.8) is 0 Å². The second kappa shape index (κ2) is 11.1. The molecule has 0 saturated carbocycles. The van der Waals surface area contributed by atoms with Gasteiger partial charge in [0.1, 0.15) is 6.16 Å². The van der Waals surface area contributed by atoms with Gasteiger partial charge >= 0.3 is 7.80 Å². The predicted molar refractivity (Wildman–Crippen MR) is 135 cm³/mol. The van der Waals surface area contributed by atoms with Crippen LogP contribution in [0, 0.1) is 47.5 Å². The molecular weight excluding hydrogens is 415 g/mol. The normalized spacial score (nSPS) is 12.7. The van der Waals surface area contributed by atoms with Crippen molar-refractivity contribution in [3.8, 4) is 0 Å². The summed E-state index contributed by atoms with van der Waals surface area (Å²) in [6.07, 6.45) is 2.46. The molecule has 0 aliphatic rings. The summed E-state index contributed by atoms with van der Waals surface area (Å²) in [6, 6.07) is 8.02. The van der Waals surface area contributed by atoms with Crippen molar-refractivity contribution >= 4 is 19.4 Å².